The number of benzene rings is 1. The van der Waals surface area contributed by atoms with Crippen molar-refractivity contribution in [3.63, 3.8) is 0 Å². The van der Waals surface area contributed by atoms with Crippen molar-refractivity contribution in [1.82, 2.24) is 14.3 Å². The van der Waals surface area contributed by atoms with Crippen LogP contribution < -0.4 is 14.8 Å². The Balaban J connectivity index is 1.54. The average molecular weight is 527 g/mol. The number of pyridine rings is 2. The molecular formula is C25H26N4O7S. The molecule has 1 amide bonds. The molecule has 3 heterocycles. The Morgan fingerprint density at radius 1 is 1.00 bits per heavy atom. The normalized spacial score (nSPS) is 13.9. The predicted molar refractivity (Wildman–Crippen MR) is 134 cm³/mol. The largest absolute Gasteiger partial charge is 0.478 e. The van der Waals surface area contributed by atoms with E-state index in [2.05, 4.69) is 15.3 Å². The zero-order chi connectivity index (χ0) is 26.6. The number of ether oxygens (including phenoxy) is 2. The van der Waals surface area contributed by atoms with Gasteiger partial charge in [0.25, 0.3) is 5.91 Å². The van der Waals surface area contributed by atoms with Gasteiger partial charge in [0.1, 0.15) is 11.6 Å². The number of hydrogen-bond acceptors (Lipinski definition) is 8. The first-order chi connectivity index (χ1) is 17.6. The van der Waals surface area contributed by atoms with E-state index in [-0.39, 0.29) is 39.7 Å². The van der Waals surface area contributed by atoms with Crippen LogP contribution in [0.1, 0.15) is 47.4 Å². The van der Waals surface area contributed by atoms with Gasteiger partial charge in [-0.1, -0.05) is 0 Å². The van der Waals surface area contributed by atoms with Crippen LogP contribution in [0.3, 0.4) is 0 Å². The van der Waals surface area contributed by atoms with Crippen LogP contribution in [0.5, 0.6) is 17.5 Å². The topological polar surface area (TPSA) is 148 Å². The molecule has 194 valence electrons. The second-order valence-electron chi connectivity index (χ2n) is 8.57. The number of aromatic nitrogens is 2. The van der Waals surface area contributed by atoms with Crippen LogP contribution in [0.15, 0.2) is 59.6 Å². The molecule has 1 aliphatic rings. The minimum absolute atomic E-state index is 0.00976. The molecule has 3 aromatic rings. The number of aromatic carboxylic acids is 1. The molecule has 4 rings (SSSR count). The number of carboxylic acids is 1. The van der Waals surface area contributed by atoms with Crippen molar-refractivity contribution in [2.75, 3.05) is 18.4 Å². The number of carbonyl (C=O) groups is 2. The summed E-state index contributed by atoms with van der Waals surface area (Å²) in [5.41, 5.74) is 0.155. The second-order valence-corrected chi connectivity index (χ2v) is 10.5. The van der Waals surface area contributed by atoms with Gasteiger partial charge in [0.2, 0.25) is 21.8 Å². The van der Waals surface area contributed by atoms with Gasteiger partial charge in [0.05, 0.1) is 22.1 Å². The molecule has 2 aromatic heterocycles. The molecule has 0 saturated carbocycles. The summed E-state index contributed by atoms with van der Waals surface area (Å²) in [5.74, 6) is -0.961. The first-order valence-corrected chi connectivity index (χ1v) is 13.0. The van der Waals surface area contributed by atoms with E-state index >= 15 is 0 Å². The predicted octanol–water partition coefficient (Wildman–Crippen LogP) is 3.79. The van der Waals surface area contributed by atoms with Crippen LogP contribution in [-0.4, -0.2) is 58.9 Å². The van der Waals surface area contributed by atoms with Crippen molar-refractivity contribution < 1.29 is 32.6 Å². The summed E-state index contributed by atoms with van der Waals surface area (Å²) in [5, 5.41) is 11.6. The number of nitrogens with one attached hydrogen (secondary N) is 1. The molecular weight excluding hydrogens is 500 g/mol. The summed E-state index contributed by atoms with van der Waals surface area (Å²) in [6, 6.07) is 11.5. The van der Waals surface area contributed by atoms with E-state index in [1.165, 1.54) is 52.8 Å². The molecule has 0 atom stereocenters. The monoisotopic (exact) mass is 526 g/mol. The summed E-state index contributed by atoms with van der Waals surface area (Å²) in [7, 11) is -3.55. The second kappa shape index (κ2) is 10.9. The maximum Gasteiger partial charge on any atom is 0.337 e. The zero-order valence-corrected chi connectivity index (χ0v) is 21.1. The summed E-state index contributed by atoms with van der Waals surface area (Å²) in [4.78, 5) is 32.3. The highest BCUT2D eigenvalue weighted by molar-refractivity contribution is 7.89. The van der Waals surface area contributed by atoms with E-state index in [4.69, 9.17) is 14.6 Å². The molecule has 1 fully saturated rings. The average Bonchev–Trinajstić information content (AvgIpc) is 3.40. The van der Waals surface area contributed by atoms with E-state index in [1.807, 2.05) is 13.8 Å². The van der Waals surface area contributed by atoms with E-state index < -0.39 is 21.9 Å². The van der Waals surface area contributed by atoms with Crippen LogP contribution >= 0.6 is 0 Å². The Labute approximate surface area is 214 Å². The molecule has 1 saturated heterocycles. The molecule has 0 radical (unpaired) electrons. The van der Waals surface area contributed by atoms with Crippen molar-refractivity contribution in [2.45, 2.75) is 37.7 Å². The number of sulfonamides is 1. The third kappa shape index (κ3) is 6.40. The van der Waals surface area contributed by atoms with E-state index in [0.717, 1.165) is 19.0 Å². The van der Waals surface area contributed by atoms with Crippen LogP contribution in [0.2, 0.25) is 0 Å². The lowest BCUT2D eigenvalue weighted by atomic mass is 10.2. The molecule has 0 bridgehead atoms. The standard InChI is InChI=1S/C25H26N4O7S/c1-16(2)35-22-13-18(24(30)27-21-10-5-17(15-26-21)25(31)32)14-23(28-22)36-19-6-8-20(9-7-19)37(33,34)29-11-3-4-12-29/h5-10,13-16H,3-4,11-12H2,1-2H3,(H,31,32)(H,26,27,30). The Bertz CT molecular complexity index is 1390. The van der Waals surface area contributed by atoms with Crippen LogP contribution in [0.25, 0.3) is 0 Å². The van der Waals surface area contributed by atoms with Crippen LogP contribution in [0.4, 0.5) is 5.82 Å². The smallest absolute Gasteiger partial charge is 0.337 e. The molecule has 0 aliphatic carbocycles. The molecule has 12 heteroatoms. The SMILES string of the molecule is CC(C)Oc1cc(C(=O)Nc2ccc(C(=O)O)cn2)cc(Oc2ccc(S(=O)(=O)N3CCCC3)cc2)n1. The Morgan fingerprint density at radius 3 is 2.27 bits per heavy atom. The number of rotatable bonds is 9. The summed E-state index contributed by atoms with van der Waals surface area (Å²) in [6.45, 7) is 4.64. The third-order valence-electron chi connectivity index (χ3n) is 5.40. The zero-order valence-electron chi connectivity index (χ0n) is 20.2. The van der Waals surface area contributed by atoms with Gasteiger partial charge in [-0.15, -0.1) is 0 Å². The van der Waals surface area contributed by atoms with Crippen LogP contribution in [0, 0.1) is 0 Å². The summed E-state index contributed by atoms with van der Waals surface area (Å²) in [6.07, 6.45) is 2.61. The van der Waals surface area contributed by atoms with Crippen molar-refractivity contribution in [2.24, 2.45) is 0 Å². The van der Waals surface area contributed by atoms with Crippen molar-refractivity contribution in [3.8, 4) is 17.5 Å². The lowest BCUT2D eigenvalue weighted by Crippen LogP contribution is -2.27. The van der Waals surface area contributed by atoms with Gasteiger partial charge in [0.15, 0.2) is 0 Å². The number of carboxylic acid groups (broad SMARTS) is 1. The molecule has 1 aliphatic heterocycles. The Hall–Kier alpha value is -4.03. The van der Waals surface area contributed by atoms with Crippen molar-refractivity contribution >= 4 is 27.7 Å². The maximum atomic E-state index is 12.9. The number of hydrogen-bond donors (Lipinski definition) is 2. The summed E-state index contributed by atoms with van der Waals surface area (Å²) >= 11 is 0. The minimum Gasteiger partial charge on any atom is -0.478 e. The van der Waals surface area contributed by atoms with Crippen molar-refractivity contribution in [3.05, 3.63) is 65.9 Å². The van der Waals surface area contributed by atoms with Gasteiger partial charge < -0.3 is 19.9 Å². The number of carbonyl (C=O) groups excluding carboxylic acids is 1. The highest BCUT2D eigenvalue weighted by atomic mass is 32.2. The maximum absolute atomic E-state index is 12.9. The fourth-order valence-electron chi connectivity index (χ4n) is 3.63. The Kier molecular flexibility index (Phi) is 7.69. The first-order valence-electron chi connectivity index (χ1n) is 11.6. The first kappa shape index (κ1) is 26.0. The summed E-state index contributed by atoms with van der Waals surface area (Å²) < 4.78 is 38.4. The molecule has 1 aromatic carbocycles. The molecule has 0 unspecified atom stereocenters. The Morgan fingerprint density at radius 2 is 1.68 bits per heavy atom. The number of amides is 1. The number of nitrogens with zero attached hydrogens (tertiary/aromatic N) is 3. The van der Waals surface area contributed by atoms with Crippen molar-refractivity contribution in [1.29, 1.82) is 0 Å². The van der Waals surface area contributed by atoms with Gasteiger partial charge in [-0.2, -0.15) is 9.29 Å². The van der Waals surface area contributed by atoms with Gasteiger partial charge in [-0.3, -0.25) is 4.79 Å². The highest BCUT2D eigenvalue weighted by Gasteiger charge is 2.27. The van der Waals surface area contributed by atoms with Crippen LogP contribution in [-0.2, 0) is 10.0 Å². The van der Waals surface area contributed by atoms with E-state index in [1.54, 1.807) is 0 Å². The molecule has 2 N–H and O–H groups in total. The van der Waals surface area contributed by atoms with Gasteiger partial charge in [0, 0.05) is 31.4 Å². The third-order valence-corrected chi connectivity index (χ3v) is 7.31. The highest BCUT2D eigenvalue weighted by Crippen LogP contribution is 2.27. The van der Waals surface area contributed by atoms with E-state index in [0.29, 0.717) is 18.8 Å². The lowest BCUT2D eigenvalue weighted by molar-refractivity contribution is 0.0696. The molecule has 0 spiro atoms. The number of anilines is 1. The van der Waals surface area contributed by atoms with Gasteiger partial charge in [-0.05, 0) is 63.1 Å². The minimum atomic E-state index is -3.55. The van der Waals surface area contributed by atoms with Gasteiger partial charge >= 0.3 is 5.97 Å². The van der Waals surface area contributed by atoms with Gasteiger partial charge in [-0.25, -0.2) is 18.2 Å². The fourth-order valence-corrected chi connectivity index (χ4v) is 5.14. The molecule has 11 nitrogen and oxygen atoms in total. The molecule has 37 heavy (non-hydrogen) atoms. The lowest BCUT2D eigenvalue weighted by Gasteiger charge is -2.16. The fraction of sp³-hybridized carbons (Fsp3) is 0.280. The quantitative estimate of drug-likeness (QED) is 0.425. The van der Waals surface area contributed by atoms with E-state index in [9.17, 15) is 18.0 Å².